The zero-order valence-electron chi connectivity index (χ0n) is 17.5. The lowest BCUT2D eigenvalue weighted by atomic mass is 10.1. The fourth-order valence-corrected chi connectivity index (χ4v) is 3.88. The monoisotopic (exact) mass is 420 g/mol. The first-order valence-electron chi connectivity index (χ1n) is 9.16. The number of carbonyl (C=O) groups excluding carboxylic acids is 1. The van der Waals surface area contributed by atoms with Gasteiger partial charge in [-0.1, -0.05) is 18.2 Å². The van der Waals surface area contributed by atoms with Crippen molar-refractivity contribution in [3.8, 4) is 11.5 Å². The Morgan fingerprint density at radius 3 is 2.17 bits per heavy atom. The molecule has 0 unspecified atom stereocenters. The largest absolute Gasteiger partial charge is 0.496 e. The Bertz CT molecular complexity index is 957. The number of ether oxygens (including phenoxy) is 2. The summed E-state index contributed by atoms with van der Waals surface area (Å²) in [6, 6.07) is 12.3. The molecule has 8 heteroatoms. The van der Waals surface area contributed by atoms with Crippen LogP contribution >= 0.6 is 0 Å². The number of aryl methyl sites for hydroxylation is 1. The van der Waals surface area contributed by atoms with Crippen LogP contribution in [-0.4, -0.2) is 58.9 Å². The zero-order valence-corrected chi connectivity index (χ0v) is 18.3. The third kappa shape index (κ3) is 5.48. The second-order valence-electron chi connectivity index (χ2n) is 6.82. The predicted octanol–water partition coefficient (Wildman–Crippen LogP) is 2.55. The minimum absolute atomic E-state index is 0.0566. The highest BCUT2D eigenvalue weighted by Crippen LogP contribution is 2.25. The molecule has 2 aromatic carbocycles. The van der Waals surface area contributed by atoms with Crippen molar-refractivity contribution in [3.63, 3.8) is 0 Å². The molecule has 0 saturated heterocycles. The van der Waals surface area contributed by atoms with E-state index < -0.39 is 10.0 Å². The minimum atomic E-state index is -3.56. The zero-order chi connectivity index (χ0) is 21.6. The fraction of sp³-hybridized carbons (Fsp3) is 0.381. The predicted molar refractivity (Wildman–Crippen MR) is 112 cm³/mol. The average Bonchev–Trinajstić information content (AvgIpc) is 2.71. The standard InChI is InChI=1S/C21H28N2O5S/c1-22(2)29(25,26)18-11-12-20(28-5)16(14-18)10-13-21(24)23(3)15-17-8-6-7-9-19(17)27-4/h6-9,11-12,14H,10,13,15H2,1-5H3. The molecular weight excluding hydrogens is 392 g/mol. The van der Waals surface area contributed by atoms with Gasteiger partial charge in [-0.3, -0.25) is 4.79 Å². The maximum atomic E-state index is 12.6. The van der Waals surface area contributed by atoms with Gasteiger partial charge >= 0.3 is 0 Å². The lowest BCUT2D eigenvalue weighted by Gasteiger charge is -2.19. The van der Waals surface area contributed by atoms with Crippen LogP contribution in [0.3, 0.4) is 0 Å². The van der Waals surface area contributed by atoms with E-state index >= 15 is 0 Å². The Labute approximate surface area is 172 Å². The molecule has 0 aliphatic carbocycles. The number of carbonyl (C=O) groups is 1. The molecule has 2 rings (SSSR count). The van der Waals surface area contributed by atoms with Crippen molar-refractivity contribution < 1.29 is 22.7 Å². The summed E-state index contributed by atoms with van der Waals surface area (Å²) in [6.07, 6.45) is 0.600. The summed E-state index contributed by atoms with van der Waals surface area (Å²) in [7, 11) is 4.26. The van der Waals surface area contributed by atoms with Gasteiger partial charge in [0, 0.05) is 39.7 Å². The van der Waals surface area contributed by atoms with Gasteiger partial charge in [0.15, 0.2) is 0 Å². The number of hydrogen-bond acceptors (Lipinski definition) is 5. The second-order valence-corrected chi connectivity index (χ2v) is 8.97. The second kappa shape index (κ2) is 9.76. The third-order valence-electron chi connectivity index (χ3n) is 4.66. The number of hydrogen-bond donors (Lipinski definition) is 0. The number of nitrogens with zero attached hydrogens (tertiary/aromatic N) is 2. The Kier molecular flexibility index (Phi) is 7.64. The van der Waals surface area contributed by atoms with E-state index in [9.17, 15) is 13.2 Å². The lowest BCUT2D eigenvalue weighted by molar-refractivity contribution is -0.130. The summed E-state index contributed by atoms with van der Waals surface area (Å²) < 4.78 is 36.6. The van der Waals surface area contributed by atoms with E-state index in [1.54, 1.807) is 31.2 Å². The summed E-state index contributed by atoms with van der Waals surface area (Å²) >= 11 is 0. The maximum Gasteiger partial charge on any atom is 0.242 e. The van der Waals surface area contributed by atoms with Crippen LogP contribution in [0.1, 0.15) is 17.5 Å². The molecule has 0 bridgehead atoms. The first-order chi connectivity index (χ1) is 13.7. The molecule has 0 fully saturated rings. The highest BCUT2D eigenvalue weighted by atomic mass is 32.2. The molecule has 0 radical (unpaired) electrons. The van der Waals surface area contributed by atoms with Crippen LogP contribution in [0, 0.1) is 0 Å². The van der Waals surface area contributed by atoms with Gasteiger partial charge in [0.25, 0.3) is 0 Å². The number of rotatable bonds is 9. The number of methoxy groups -OCH3 is 2. The highest BCUT2D eigenvalue weighted by Gasteiger charge is 2.20. The van der Waals surface area contributed by atoms with Gasteiger partial charge in [0.05, 0.1) is 19.1 Å². The third-order valence-corrected chi connectivity index (χ3v) is 6.48. The maximum absolute atomic E-state index is 12.6. The van der Waals surface area contributed by atoms with Crippen molar-refractivity contribution in [1.29, 1.82) is 0 Å². The van der Waals surface area contributed by atoms with Crippen molar-refractivity contribution in [1.82, 2.24) is 9.21 Å². The molecule has 0 spiro atoms. The molecular formula is C21H28N2O5S. The van der Waals surface area contributed by atoms with Crippen molar-refractivity contribution in [2.24, 2.45) is 0 Å². The van der Waals surface area contributed by atoms with Crippen molar-refractivity contribution >= 4 is 15.9 Å². The van der Waals surface area contributed by atoms with E-state index in [4.69, 9.17) is 9.47 Å². The van der Waals surface area contributed by atoms with Crippen LogP contribution in [-0.2, 0) is 27.8 Å². The van der Waals surface area contributed by atoms with E-state index in [2.05, 4.69) is 0 Å². The van der Waals surface area contributed by atoms with Crippen LogP contribution in [0.15, 0.2) is 47.4 Å². The Morgan fingerprint density at radius 1 is 0.931 bits per heavy atom. The topological polar surface area (TPSA) is 76.2 Å². The van der Waals surface area contributed by atoms with Gasteiger partial charge in [0.1, 0.15) is 11.5 Å². The molecule has 0 N–H and O–H groups in total. The SMILES string of the molecule is COc1ccc(S(=O)(=O)N(C)C)cc1CCC(=O)N(C)Cc1ccccc1OC. The molecule has 0 aliphatic rings. The number of para-hydroxylation sites is 1. The van der Waals surface area contributed by atoms with Crippen molar-refractivity contribution in [2.45, 2.75) is 24.3 Å². The quantitative estimate of drug-likeness (QED) is 0.623. The van der Waals surface area contributed by atoms with Gasteiger partial charge in [-0.15, -0.1) is 0 Å². The van der Waals surface area contributed by atoms with Gasteiger partial charge in [-0.25, -0.2) is 12.7 Å². The van der Waals surface area contributed by atoms with Crippen LogP contribution in [0.4, 0.5) is 0 Å². The molecule has 158 valence electrons. The van der Waals surface area contributed by atoms with E-state index in [1.165, 1.54) is 27.3 Å². The first kappa shape index (κ1) is 22.7. The summed E-state index contributed by atoms with van der Waals surface area (Å²) in [5, 5.41) is 0. The molecule has 7 nitrogen and oxygen atoms in total. The van der Waals surface area contributed by atoms with Crippen molar-refractivity contribution in [2.75, 3.05) is 35.4 Å². The van der Waals surface area contributed by atoms with Crippen LogP contribution in [0.2, 0.25) is 0 Å². The van der Waals surface area contributed by atoms with Gasteiger partial charge in [-0.2, -0.15) is 0 Å². The van der Waals surface area contributed by atoms with Gasteiger partial charge in [-0.05, 0) is 36.2 Å². The molecule has 0 aromatic heterocycles. The molecule has 2 aromatic rings. The molecule has 1 amide bonds. The smallest absolute Gasteiger partial charge is 0.242 e. The van der Waals surface area contributed by atoms with E-state index in [0.29, 0.717) is 24.3 Å². The summed E-state index contributed by atoms with van der Waals surface area (Å²) in [5.74, 6) is 1.23. The van der Waals surface area contributed by atoms with Gasteiger partial charge in [0.2, 0.25) is 15.9 Å². The molecule has 0 atom stereocenters. The Hall–Kier alpha value is -2.58. The summed E-state index contributed by atoms with van der Waals surface area (Å²) in [4.78, 5) is 14.4. The van der Waals surface area contributed by atoms with Crippen LogP contribution < -0.4 is 9.47 Å². The van der Waals surface area contributed by atoms with E-state index in [1.807, 2.05) is 24.3 Å². The molecule has 29 heavy (non-hydrogen) atoms. The molecule has 0 saturated carbocycles. The summed E-state index contributed by atoms with van der Waals surface area (Å²) in [5.41, 5.74) is 1.59. The number of sulfonamides is 1. The summed E-state index contributed by atoms with van der Waals surface area (Å²) in [6.45, 7) is 0.426. The molecule has 0 heterocycles. The van der Waals surface area contributed by atoms with Crippen molar-refractivity contribution in [3.05, 3.63) is 53.6 Å². The van der Waals surface area contributed by atoms with Crippen LogP contribution in [0.5, 0.6) is 11.5 Å². The molecule has 0 aliphatic heterocycles. The highest BCUT2D eigenvalue weighted by molar-refractivity contribution is 7.89. The number of benzene rings is 2. The lowest BCUT2D eigenvalue weighted by Crippen LogP contribution is -2.26. The Balaban J connectivity index is 2.12. The van der Waals surface area contributed by atoms with E-state index in [-0.39, 0.29) is 17.2 Å². The Morgan fingerprint density at radius 2 is 1.55 bits per heavy atom. The van der Waals surface area contributed by atoms with Gasteiger partial charge < -0.3 is 14.4 Å². The average molecular weight is 421 g/mol. The first-order valence-corrected chi connectivity index (χ1v) is 10.6. The normalized spacial score (nSPS) is 11.4. The van der Waals surface area contributed by atoms with Crippen LogP contribution in [0.25, 0.3) is 0 Å². The number of amides is 1. The minimum Gasteiger partial charge on any atom is -0.496 e. The van der Waals surface area contributed by atoms with E-state index in [0.717, 1.165) is 15.6 Å². The fourth-order valence-electron chi connectivity index (χ4n) is 2.93.